The smallest absolute Gasteiger partial charge is 0.307 e. The van der Waals surface area contributed by atoms with E-state index >= 15 is 0 Å². The van der Waals surface area contributed by atoms with Crippen LogP contribution in [-0.2, 0) is 14.3 Å². The van der Waals surface area contributed by atoms with E-state index in [0.29, 0.717) is 6.42 Å². The highest BCUT2D eigenvalue weighted by molar-refractivity contribution is 5.66. The molecule has 26 heavy (non-hydrogen) atoms. The molecule has 0 amide bonds. The Kier molecular flexibility index (Phi) is 22.5. The van der Waals surface area contributed by atoms with Gasteiger partial charge in [0.25, 0.3) is 0 Å². The average molecular weight is 371 g/mol. The first-order chi connectivity index (χ1) is 12.4. The van der Waals surface area contributed by atoms with Crippen LogP contribution in [0, 0.1) is 5.92 Å². The summed E-state index contributed by atoms with van der Waals surface area (Å²) in [6.07, 6.45) is 18.4. The summed E-state index contributed by atoms with van der Waals surface area (Å²) in [6.45, 7) is 9.09. The maximum Gasteiger partial charge on any atom is 0.307 e. The summed E-state index contributed by atoms with van der Waals surface area (Å²) in [4.78, 5) is 20.1. The first-order valence-corrected chi connectivity index (χ1v) is 10.4. The van der Waals surface area contributed by atoms with Crippen LogP contribution in [0.1, 0.15) is 111 Å². The standard InChI is InChI=1S/C18H36O2.C4H6O2/c1-17(2)15-13-11-9-7-5-3-4-6-8-10-12-14-16-18(19)20;1-3-6-4(2)5/h17H,3-16H2,1-2H3,(H,19,20);3H,1H2,2H3. The topological polar surface area (TPSA) is 63.6 Å². The lowest BCUT2D eigenvalue weighted by molar-refractivity contribution is -0.137. The van der Waals surface area contributed by atoms with Crippen LogP contribution in [0.3, 0.4) is 0 Å². The first-order valence-electron chi connectivity index (χ1n) is 10.4. The van der Waals surface area contributed by atoms with E-state index in [0.717, 1.165) is 25.0 Å². The molecule has 0 aromatic heterocycles. The molecule has 0 atom stereocenters. The fourth-order valence-corrected chi connectivity index (χ4v) is 2.71. The molecule has 0 bridgehead atoms. The molecule has 154 valence electrons. The Morgan fingerprint density at radius 1 is 0.846 bits per heavy atom. The fraction of sp³-hybridized carbons (Fsp3) is 0.818. The monoisotopic (exact) mass is 370 g/mol. The van der Waals surface area contributed by atoms with Crippen molar-refractivity contribution < 1.29 is 19.4 Å². The molecule has 0 saturated heterocycles. The normalized spacial score (nSPS) is 10.2. The van der Waals surface area contributed by atoms with Crippen molar-refractivity contribution in [2.24, 2.45) is 5.92 Å². The van der Waals surface area contributed by atoms with Crippen LogP contribution >= 0.6 is 0 Å². The van der Waals surface area contributed by atoms with Crippen molar-refractivity contribution in [3.05, 3.63) is 12.8 Å². The van der Waals surface area contributed by atoms with Gasteiger partial charge in [-0.3, -0.25) is 9.59 Å². The van der Waals surface area contributed by atoms with Gasteiger partial charge in [-0.2, -0.15) is 0 Å². The molecule has 0 saturated carbocycles. The summed E-state index contributed by atoms with van der Waals surface area (Å²) in [7, 11) is 0. The van der Waals surface area contributed by atoms with Gasteiger partial charge >= 0.3 is 11.9 Å². The first kappa shape index (κ1) is 26.9. The Morgan fingerprint density at radius 3 is 1.50 bits per heavy atom. The number of hydrogen-bond donors (Lipinski definition) is 1. The zero-order chi connectivity index (χ0) is 20.0. The van der Waals surface area contributed by atoms with Crippen molar-refractivity contribution in [3.8, 4) is 0 Å². The molecule has 0 aromatic carbocycles. The van der Waals surface area contributed by atoms with E-state index in [1.807, 2.05) is 0 Å². The van der Waals surface area contributed by atoms with Gasteiger partial charge in [0.05, 0.1) is 6.26 Å². The number of ether oxygens (including phenoxy) is 1. The number of carbonyl (C=O) groups is 2. The van der Waals surface area contributed by atoms with Crippen LogP contribution in [0.25, 0.3) is 0 Å². The Balaban J connectivity index is 0. The number of aliphatic carboxylic acids is 1. The highest BCUT2D eigenvalue weighted by atomic mass is 16.5. The molecule has 0 rings (SSSR count). The predicted octanol–water partition coefficient (Wildman–Crippen LogP) is 6.88. The SMILES string of the molecule is C=COC(C)=O.CC(C)CCCCCCCCCCCCCCC(=O)O. The molecule has 4 nitrogen and oxygen atoms in total. The predicted molar refractivity (Wildman–Crippen MR) is 109 cm³/mol. The molecule has 0 spiro atoms. The molecule has 4 heteroatoms. The van der Waals surface area contributed by atoms with Gasteiger partial charge in [-0.1, -0.05) is 97.5 Å². The van der Waals surface area contributed by atoms with Gasteiger partial charge in [0.2, 0.25) is 0 Å². The average Bonchev–Trinajstić information content (AvgIpc) is 2.55. The van der Waals surface area contributed by atoms with Crippen LogP contribution in [0.15, 0.2) is 12.8 Å². The summed E-state index contributed by atoms with van der Waals surface area (Å²) >= 11 is 0. The Labute approximate surface area is 161 Å². The minimum absolute atomic E-state index is 0.329. The zero-order valence-electron chi connectivity index (χ0n) is 17.4. The second kappa shape index (κ2) is 21.7. The van der Waals surface area contributed by atoms with Crippen molar-refractivity contribution in [1.82, 2.24) is 0 Å². The minimum Gasteiger partial charge on any atom is -0.481 e. The van der Waals surface area contributed by atoms with Crippen LogP contribution in [0.4, 0.5) is 0 Å². The van der Waals surface area contributed by atoms with Crippen molar-refractivity contribution in [3.63, 3.8) is 0 Å². The lowest BCUT2D eigenvalue weighted by Gasteiger charge is -2.04. The Bertz CT molecular complexity index is 337. The highest BCUT2D eigenvalue weighted by Gasteiger charge is 1.97. The van der Waals surface area contributed by atoms with Gasteiger partial charge in [0.1, 0.15) is 0 Å². The van der Waals surface area contributed by atoms with Gasteiger partial charge in [-0.15, -0.1) is 0 Å². The maximum absolute atomic E-state index is 10.3. The number of carboxylic acid groups (broad SMARTS) is 1. The molecule has 0 fully saturated rings. The summed E-state index contributed by atoms with van der Waals surface area (Å²) in [5.74, 6) is -0.117. The second-order valence-electron chi connectivity index (χ2n) is 7.35. The maximum atomic E-state index is 10.3. The van der Waals surface area contributed by atoms with Crippen molar-refractivity contribution >= 4 is 11.9 Å². The van der Waals surface area contributed by atoms with E-state index in [4.69, 9.17) is 5.11 Å². The van der Waals surface area contributed by atoms with Gasteiger partial charge in [-0.25, -0.2) is 0 Å². The molecule has 0 unspecified atom stereocenters. The summed E-state index contributed by atoms with van der Waals surface area (Å²) < 4.78 is 4.17. The fourth-order valence-electron chi connectivity index (χ4n) is 2.71. The molecular weight excluding hydrogens is 328 g/mol. The highest BCUT2D eigenvalue weighted by Crippen LogP contribution is 2.14. The largest absolute Gasteiger partial charge is 0.481 e. The molecule has 0 aliphatic carbocycles. The van der Waals surface area contributed by atoms with E-state index < -0.39 is 5.97 Å². The Morgan fingerprint density at radius 2 is 1.23 bits per heavy atom. The van der Waals surface area contributed by atoms with E-state index in [2.05, 4.69) is 25.2 Å². The summed E-state index contributed by atoms with van der Waals surface area (Å²) in [5, 5.41) is 8.52. The zero-order valence-corrected chi connectivity index (χ0v) is 17.4. The third kappa shape index (κ3) is 30.5. The van der Waals surface area contributed by atoms with E-state index in [1.54, 1.807) is 0 Å². The second-order valence-corrected chi connectivity index (χ2v) is 7.35. The lowest BCUT2D eigenvalue weighted by atomic mass is 10.0. The quantitative estimate of drug-likeness (QED) is 0.183. The van der Waals surface area contributed by atoms with Gasteiger partial charge in [-0.05, 0) is 12.3 Å². The van der Waals surface area contributed by atoms with Crippen molar-refractivity contribution in [2.45, 2.75) is 111 Å². The third-order valence-corrected chi connectivity index (χ3v) is 4.17. The lowest BCUT2D eigenvalue weighted by Crippen LogP contribution is -1.93. The van der Waals surface area contributed by atoms with Crippen LogP contribution in [-0.4, -0.2) is 17.0 Å². The van der Waals surface area contributed by atoms with E-state index in [9.17, 15) is 9.59 Å². The third-order valence-electron chi connectivity index (χ3n) is 4.17. The minimum atomic E-state index is -0.654. The molecular formula is C22H42O4. The van der Waals surface area contributed by atoms with E-state index in [-0.39, 0.29) is 5.97 Å². The van der Waals surface area contributed by atoms with Gasteiger partial charge in [0, 0.05) is 13.3 Å². The number of esters is 1. The number of carbonyl (C=O) groups excluding carboxylic acids is 1. The molecule has 0 heterocycles. The summed E-state index contributed by atoms with van der Waals surface area (Å²) in [6, 6.07) is 0. The molecule has 0 aliphatic rings. The van der Waals surface area contributed by atoms with Crippen molar-refractivity contribution in [1.29, 1.82) is 0 Å². The molecule has 0 aliphatic heterocycles. The van der Waals surface area contributed by atoms with Crippen LogP contribution < -0.4 is 0 Å². The number of carboxylic acids is 1. The molecule has 1 N–H and O–H groups in total. The molecule has 0 radical (unpaired) electrons. The number of unbranched alkanes of at least 4 members (excludes halogenated alkanes) is 11. The van der Waals surface area contributed by atoms with Gasteiger partial charge < -0.3 is 9.84 Å². The Hall–Kier alpha value is -1.32. The van der Waals surface area contributed by atoms with Crippen LogP contribution in [0.2, 0.25) is 0 Å². The van der Waals surface area contributed by atoms with E-state index in [1.165, 1.54) is 77.6 Å². The number of hydrogen-bond acceptors (Lipinski definition) is 3. The molecule has 0 aromatic rings. The number of rotatable bonds is 16. The van der Waals surface area contributed by atoms with Crippen LogP contribution in [0.5, 0.6) is 0 Å². The summed E-state index contributed by atoms with van der Waals surface area (Å²) in [5.41, 5.74) is 0. The van der Waals surface area contributed by atoms with Crippen molar-refractivity contribution in [2.75, 3.05) is 0 Å². The van der Waals surface area contributed by atoms with Gasteiger partial charge in [0.15, 0.2) is 0 Å².